The van der Waals surface area contributed by atoms with E-state index < -0.39 is 10.0 Å². The highest BCUT2D eigenvalue weighted by Gasteiger charge is 2.32. The molecule has 3 rings (SSSR count). The van der Waals surface area contributed by atoms with Gasteiger partial charge in [0.1, 0.15) is 0 Å². The minimum Gasteiger partial charge on any atom is -0.340 e. The lowest BCUT2D eigenvalue weighted by Gasteiger charge is -2.36. The molecule has 9 heteroatoms. The Balaban J connectivity index is 0.00000225. The van der Waals surface area contributed by atoms with Gasteiger partial charge in [0.15, 0.2) is 0 Å². The lowest BCUT2D eigenvalue weighted by Crippen LogP contribution is -2.53. The van der Waals surface area contributed by atoms with Crippen LogP contribution in [-0.2, 0) is 14.8 Å². The Morgan fingerprint density at radius 3 is 2.32 bits per heavy atom. The fourth-order valence-corrected chi connectivity index (χ4v) is 4.77. The molecule has 1 aromatic carbocycles. The minimum atomic E-state index is -3.53. The number of rotatable bonds is 3. The van der Waals surface area contributed by atoms with Crippen molar-refractivity contribution in [3.8, 4) is 0 Å². The maximum Gasteiger partial charge on any atom is 0.243 e. The first kappa shape index (κ1) is 20.5. The summed E-state index contributed by atoms with van der Waals surface area (Å²) in [7, 11) is -3.53. The molecule has 0 radical (unpaired) electrons. The van der Waals surface area contributed by atoms with Crippen molar-refractivity contribution in [1.29, 1.82) is 0 Å². The predicted molar refractivity (Wildman–Crippen MR) is 99.6 cm³/mol. The highest BCUT2D eigenvalue weighted by Crippen LogP contribution is 2.21. The van der Waals surface area contributed by atoms with Crippen molar-refractivity contribution in [1.82, 2.24) is 14.5 Å². The van der Waals surface area contributed by atoms with Crippen LogP contribution in [0, 0.1) is 5.92 Å². The van der Waals surface area contributed by atoms with Crippen LogP contribution in [0.5, 0.6) is 0 Å². The zero-order valence-corrected chi connectivity index (χ0v) is 16.2. The van der Waals surface area contributed by atoms with Gasteiger partial charge in [0.2, 0.25) is 15.9 Å². The second-order valence-corrected chi connectivity index (χ2v) is 8.60. The number of amides is 1. The molecular weight excluding hydrogens is 385 g/mol. The van der Waals surface area contributed by atoms with Crippen LogP contribution < -0.4 is 5.32 Å². The van der Waals surface area contributed by atoms with E-state index in [9.17, 15) is 13.2 Å². The third kappa shape index (κ3) is 4.65. The average Bonchev–Trinajstić information content (AvgIpc) is 2.62. The van der Waals surface area contributed by atoms with Gasteiger partial charge in [-0.3, -0.25) is 4.79 Å². The fraction of sp³-hybridized carbons (Fsp3) is 0.562. The third-order valence-corrected chi connectivity index (χ3v) is 6.81. The molecule has 140 valence electrons. The Hall–Kier alpha value is -0.860. The number of sulfonamides is 1. The van der Waals surface area contributed by atoms with Gasteiger partial charge in [0.25, 0.3) is 0 Å². The summed E-state index contributed by atoms with van der Waals surface area (Å²) in [4.78, 5) is 14.6. The molecule has 1 aromatic rings. The predicted octanol–water partition coefficient (Wildman–Crippen LogP) is 1.59. The largest absolute Gasteiger partial charge is 0.340 e. The molecule has 2 aliphatic heterocycles. The zero-order valence-electron chi connectivity index (χ0n) is 13.9. The summed E-state index contributed by atoms with van der Waals surface area (Å²) < 4.78 is 26.7. The molecule has 6 nitrogen and oxygen atoms in total. The van der Waals surface area contributed by atoms with E-state index in [1.807, 2.05) is 0 Å². The van der Waals surface area contributed by atoms with Crippen LogP contribution >= 0.6 is 24.0 Å². The molecule has 2 aliphatic rings. The molecule has 1 atom stereocenters. The Labute approximate surface area is 160 Å². The van der Waals surface area contributed by atoms with Crippen LogP contribution in [-0.4, -0.2) is 62.8 Å². The van der Waals surface area contributed by atoms with Gasteiger partial charge in [-0.2, -0.15) is 4.31 Å². The number of piperidine rings is 1. The Bertz CT molecular complexity index is 683. The van der Waals surface area contributed by atoms with Crippen molar-refractivity contribution in [3.63, 3.8) is 0 Å². The van der Waals surface area contributed by atoms with Gasteiger partial charge in [-0.1, -0.05) is 11.6 Å². The third-order valence-electron chi connectivity index (χ3n) is 4.65. The second-order valence-electron chi connectivity index (χ2n) is 6.23. The standard InChI is InChI=1S/C16H22ClN3O3S.ClH/c17-14-3-5-15(6-4-14)24(22,23)20-10-8-19(9-11-20)16(21)13-2-1-7-18-12-13;/h3-6,13,18H,1-2,7-12H2;1H. The smallest absolute Gasteiger partial charge is 0.243 e. The van der Waals surface area contributed by atoms with Gasteiger partial charge in [0, 0.05) is 37.7 Å². The number of carbonyl (C=O) groups is 1. The van der Waals surface area contributed by atoms with E-state index in [4.69, 9.17) is 11.6 Å². The van der Waals surface area contributed by atoms with Crippen LogP contribution in [0.3, 0.4) is 0 Å². The van der Waals surface area contributed by atoms with Gasteiger partial charge in [-0.05, 0) is 43.7 Å². The quantitative estimate of drug-likeness (QED) is 0.825. The molecule has 0 bridgehead atoms. The monoisotopic (exact) mass is 407 g/mol. The molecule has 0 saturated carbocycles. The molecule has 0 spiro atoms. The van der Waals surface area contributed by atoms with Gasteiger partial charge in [-0.15, -0.1) is 12.4 Å². The number of carbonyl (C=O) groups excluding carboxylic acids is 1. The maximum atomic E-state index is 12.6. The van der Waals surface area contributed by atoms with Crippen molar-refractivity contribution in [2.24, 2.45) is 5.92 Å². The lowest BCUT2D eigenvalue weighted by atomic mass is 9.98. The number of halogens is 2. The first-order valence-corrected chi connectivity index (χ1v) is 10.1. The van der Waals surface area contributed by atoms with Crippen LogP contribution in [0.1, 0.15) is 12.8 Å². The Morgan fingerprint density at radius 2 is 1.76 bits per heavy atom. The van der Waals surface area contributed by atoms with Crippen LogP contribution in [0.4, 0.5) is 0 Å². The highest BCUT2D eigenvalue weighted by molar-refractivity contribution is 7.89. The number of nitrogens with zero attached hydrogens (tertiary/aromatic N) is 2. The summed E-state index contributed by atoms with van der Waals surface area (Å²) >= 11 is 5.82. The van der Waals surface area contributed by atoms with Crippen molar-refractivity contribution in [2.45, 2.75) is 17.7 Å². The molecule has 2 fully saturated rings. The molecule has 1 amide bonds. The number of nitrogens with one attached hydrogen (secondary N) is 1. The van der Waals surface area contributed by atoms with Gasteiger partial charge in [0.05, 0.1) is 10.8 Å². The van der Waals surface area contributed by atoms with Gasteiger partial charge < -0.3 is 10.2 Å². The Kier molecular flexibility index (Phi) is 7.10. The highest BCUT2D eigenvalue weighted by atomic mass is 35.5. The molecule has 0 aliphatic carbocycles. The minimum absolute atomic E-state index is 0. The van der Waals surface area contributed by atoms with Crippen molar-refractivity contribution in [2.75, 3.05) is 39.3 Å². The van der Waals surface area contributed by atoms with Crippen molar-refractivity contribution >= 4 is 39.9 Å². The van der Waals surface area contributed by atoms with E-state index in [1.54, 1.807) is 17.0 Å². The maximum absolute atomic E-state index is 12.6. The summed E-state index contributed by atoms with van der Waals surface area (Å²) in [6.07, 6.45) is 1.93. The molecule has 2 saturated heterocycles. The molecular formula is C16H23Cl2N3O3S. The second kappa shape index (κ2) is 8.68. The number of hydrogen-bond donors (Lipinski definition) is 1. The summed E-state index contributed by atoms with van der Waals surface area (Å²) in [5.41, 5.74) is 0. The summed E-state index contributed by atoms with van der Waals surface area (Å²) in [6, 6.07) is 6.18. The molecule has 2 heterocycles. The normalized spacial score (nSPS) is 22.3. The molecule has 1 unspecified atom stereocenters. The fourth-order valence-electron chi connectivity index (χ4n) is 3.23. The first-order valence-electron chi connectivity index (χ1n) is 8.24. The zero-order chi connectivity index (χ0) is 17.2. The number of piperazine rings is 1. The average molecular weight is 408 g/mol. The molecule has 1 N–H and O–H groups in total. The number of benzene rings is 1. The molecule has 25 heavy (non-hydrogen) atoms. The van der Waals surface area contributed by atoms with E-state index in [1.165, 1.54) is 16.4 Å². The van der Waals surface area contributed by atoms with E-state index in [0.29, 0.717) is 31.2 Å². The SMILES string of the molecule is Cl.O=C(C1CCCNC1)N1CCN(S(=O)(=O)c2ccc(Cl)cc2)CC1. The Morgan fingerprint density at radius 1 is 1.12 bits per heavy atom. The van der Waals surface area contributed by atoms with E-state index >= 15 is 0 Å². The van der Waals surface area contributed by atoms with E-state index in [2.05, 4.69) is 5.32 Å². The summed E-state index contributed by atoms with van der Waals surface area (Å²) in [5.74, 6) is 0.170. The van der Waals surface area contributed by atoms with Crippen LogP contribution in [0.15, 0.2) is 29.2 Å². The van der Waals surface area contributed by atoms with Gasteiger partial charge in [-0.25, -0.2) is 8.42 Å². The summed E-state index contributed by atoms with van der Waals surface area (Å²) in [6.45, 7) is 3.25. The van der Waals surface area contributed by atoms with Gasteiger partial charge >= 0.3 is 0 Å². The molecule has 0 aromatic heterocycles. The van der Waals surface area contributed by atoms with Crippen LogP contribution in [0.25, 0.3) is 0 Å². The summed E-state index contributed by atoms with van der Waals surface area (Å²) in [5, 5.41) is 3.75. The van der Waals surface area contributed by atoms with E-state index in [0.717, 1.165) is 25.9 Å². The van der Waals surface area contributed by atoms with Crippen molar-refractivity contribution < 1.29 is 13.2 Å². The first-order chi connectivity index (χ1) is 11.5. The van der Waals surface area contributed by atoms with Crippen molar-refractivity contribution in [3.05, 3.63) is 29.3 Å². The van der Waals surface area contributed by atoms with E-state index in [-0.39, 0.29) is 29.1 Å². The lowest BCUT2D eigenvalue weighted by molar-refractivity contribution is -0.137. The topological polar surface area (TPSA) is 69.7 Å². The number of hydrogen-bond acceptors (Lipinski definition) is 4. The van der Waals surface area contributed by atoms with Crippen LogP contribution in [0.2, 0.25) is 5.02 Å².